The van der Waals surface area contributed by atoms with Crippen molar-refractivity contribution >= 4 is 5.91 Å². The van der Waals surface area contributed by atoms with E-state index in [2.05, 4.69) is 5.32 Å². The van der Waals surface area contributed by atoms with Crippen molar-refractivity contribution in [2.24, 2.45) is 5.41 Å². The Kier molecular flexibility index (Phi) is 3.83. The second-order valence-electron chi connectivity index (χ2n) is 6.22. The smallest absolute Gasteiger partial charge is 0.257 e. The molecule has 4 nitrogen and oxygen atoms in total. The molecule has 0 saturated carbocycles. The molecule has 1 spiro atoms. The zero-order chi connectivity index (χ0) is 14.0. The molecule has 1 aromatic rings. The summed E-state index contributed by atoms with van der Waals surface area (Å²) < 4.78 is 5.40. The molecular weight excluding hydrogens is 252 g/mol. The van der Waals surface area contributed by atoms with Crippen LogP contribution in [-0.2, 0) is 6.42 Å². The van der Waals surface area contributed by atoms with Crippen molar-refractivity contribution in [3.63, 3.8) is 0 Å². The van der Waals surface area contributed by atoms with Gasteiger partial charge in [0.25, 0.3) is 5.91 Å². The number of hydrogen-bond acceptors (Lipinski definition) is 3. The number of rotatable bonds is 2. The quantitative estimate of drug-likeness (QED) is 0.902. The molecule has 3 rings (SSSR count). The first-order valence-corrected chi connectivity index (χ1v) is 7.80. The van der Waals surface area contributed by atoms with Crippen LogP contribution in [0.25, 0.3) is 0 Å². The molecule has 0 bridgehead atoms. The van der Waals surface area contributed by atoms with Crippen molar-refractivity contribution in [3.8, 4) is 0 Å². The lowest BCUT2D eigenvalue weighted by atomic mass is 9.74. The molecule has 1 N–H and O–H groups in total. The average molecular weight is 276 g/mol. The van der Waals surface area contributed by atoms with Gasteiger partial charge in [-0.3, -0.25) is 4.79 Å². The van der Waals surface area contributed by atoms with Crippen molar-refractivity contribution in [1.82, 2.24) is 10.2 Å². The molecular formula is C16H24N2O2. The number of furan rings is 1. The fourth-order valence-corrected chi connectivity index (χ4v) is 3.74. The van der Waals surface area contributed by atoms with Gasteiger partial charge in [0.15, 0.2) is 0 Å². The van der Waals surface area contributed by atoms with Crippen LogP contribution in [0.5, 0.6) is 0 Å². The number of nitrogens with one attached hydrogen (secondary N) is 1. The number of aryl methyl sites for hydroxylation is 1. The van der Waals surface area contributed by atoms with Gasteiger partial charge in [0, 0.05) is 31.5 Å². The van der Waals surface area contributed by atoms with Gasteiger partial charge in [-0.1, -0.05) is 6.92 Å². The summed E-state index contributed by atoms with van der Waals surface area (Å²) in [7, 11) is 0. The highest BCUT2D eigenvalue weighted by molar-refractivity contribution is 5.95. The van der Waals surface area contributed by atoms with Crippen molar-refractivity contribution in [3.05, 3.63) is 23.7 Å². The van der Waals surface area contributed by atoms with Gasteiger partial charge in [0.2, 0.25) is 0 Å². The lowest BCUT2D eigenvalue weighted by Gasteiger charge is -2.45. The predicted molar refractivity (Wildman–Crippen MR) is 77.8 cm³/mol. The molecule has 2 saturated heterocycles. The number of piperidine rings is 2. The molecule has 20 heavy (non-hydrogen) atoms. The van der Waals surface area contributed by atoms with Crippen LogP contribution in [0.4, 0.5) is 0 Å². The number of likely N-dealkylation sites (tertiary alicyclic amines) is 1. The minimum Gasteiger partial charge on any atom is -0.469 e. The van der Waals surface area contributed by atoms with E-state index < -0.39 is 0 Å². The van der Waals surface area contributed by atoms with Gasteiger partial charge in [-0.2, -0.15) is 0 Å². The van der Waals surface area contributed by atoms with E-state index in [1.165, 1.54) is 19.3 Å². The summed E-state index contributed by atoms with van der Waals surface area (Å²) in [6.07, 6.45) is 7.24. The minimum atomic E-state index is 0.153. The van der Waals surface area contributed by atoms with E-state index in [9.17, 15) is 4.79 Å². The van der Waals surface area contributed by atoms with Crippen LogP contribution in [0.2, 0.25) is 0 Å². The maximum absolute atomic E-state index is 12.7. The molecule has 0 aromatic carbocycles. The Morgan fingerprint density at radius 2 is 2.30 bits per heavy atom. The maximum atomic E-state index is 12.7. The second kappa shape index (κ2) is 5.60. The minimum absolute atomic E-state index is 0.153. The van der Waals surface area contributed by atoms with E-state index in [1.54, 1.807) is 6.26 Å². The second-order valence-corrected chi connectivity index (χ2v) is 6.22. The molecule has 4 heteroatoms. The molecule has 1 aromatic heterocycles. The Hall–Kier alpha value is -1.29. The van der Waals surface area contributed by atoms with Gasteiger partial charge in [0.1, 0.15) is 5.76 Å². The van der Waals surface area contributed by atoms with Crippen LogP contribution in [0.3, 0.4) is 0 Å². The van der Waals surface area contributed by atoms with E-state index in [0.717, 1.165) is 50.3 Å². The third-order valence-corrected chi connectivity index (χ3v) is 4.81. The molecule has 1 amide bonds. The predicted octanol–water partition coefficient (Wildman–Crippen LogP) is 2.45. The van der Waals surface area contributed by atoms with Crippen molar-refractivity contribution in [1.29, 1.82) is 0 Å². The summed E-state index contributed by atoms with van der Waals surface area (Å²) in [6, 6.07) is 1.82. The fourth-order valence-electron chi connectivity index (χ4n) is 3.74. The van der Waals surface area contributed by atoms with E-state index in [4.69, 9.17) is 4.42 Å². The first-order chi connectivity index (χ1) is 9.74. The van der Waals surface area contributed by atoms with Crippen LogP contribution in [0, 0.1) is 5.41 Å². The fraction of sp³-hybridized carbons (Fsp3) is 0.688. The summed E-state index contributed by atoms with van der Waals surface area (Å²) in [6.45, 7) is 5.99. The van der Waals surface area contributed by atoms with Gasteiger partial charge in [0.05, 0.1) is 11.8 Å². The van der Waals surface area contributed by atoms with Gasteiger partial charge in [-0.25, -0.2) is 0 Å². The molecule has 2 aliphatic heterocycles. The summed E-state index contributed by atoms with van der Waals surface area (Å²) >= 11 is 0. The monoisotopic (exact) mass is 276 g/mol. The highest BCUT2D eigenvalue weighted by atomic mass is 16.3. The van der Waals surface area contributed by atoms with Crippen molar-refractivity contribution in [2.45, 2.75) is 39.0 Å². The highest BCUT2D eigenvalue weighted by Crippen LogP contribution is 2.36. The number of carbonyl (C=O) groups is 1. The lowest BCUT2D eigenvalue weighted by Crippen LogP contribution is -2.52. The van der Waals surface area contributed by atoms with E-state index in [1.807, 2.05) is 17.9 Å². The number of amides is 1. The first kappa shape index (κ1) is 13.7. The maximum Gasteiger partial charge on any atom is 0.257 e. The van der Waals surface area contributed by atoms with Crippen LogP contribution in [0.15, 0.2) is 16.7 Å². The standard InChI is InChI=1S/C16H24N2O2/c1-2-14-13(5-10-20-14)15(19)18-9-4-7-16(12-18)6-3-8-17-11-16/h5,10,17H,2-4,6-9,11-12H2,1H3. The summed E-state index contributed by atoms with van der Waals surface area (Å²) in [4.78, 5) is 14.8. The van der Waals surface area contributed by atoms with Crippen LogP contribution in [0.1, 0.15) is 48.7 Å². The topological polar surface area (TPSA) is 45.5 Å². The van der Waals surface area contributed by atoms with E-state index in [0.29, 0.717) is 5.41 Å². The normalized spacial score (nSPS) is 26.9. The molecule has 1 atom stereocenters. The molecule has 110 valence electrons. The van der Waals surface area contributed by atoms with Gasteiger partial charge >= 0.3 is 0 Å². The zero-order valence-corrected chi connectivity index (χ0v) is 12.3. The van der Waals surface area contributed by atoms with Gasteiger partial charge in [-0.15, -0.1) is 0 Å². The Morgan fingerprint density at radius 3 is 3.05 bits per heavy atom. The first-order valence-electron chi connectivity index (χ1n) is 7.80. The van der Waals surface area contributed by atoms with Crippen molar-refractivity contribution in [2.75, 3.05) is 26.2 Å². The molecule has 0 radical (unpaired) electrons. The molecule has 2 aliphatic rings. The number of carbonyl (C=O) groups excluding carboxylic acids is 1. The molecule has 1 unspecified atom stereocenters. The molecule has 3 heterocycles. The Balaban J connectivity index is 1.75. The van der Waals surface area contributed by atoms with Crippen molar-refractivity contribution < 1.29 is 9.21 Å². The Labute approximate surface area is 120 Å². The van der Waals surface area contributed by atoms with Crippen LogP contribution >= 0.6 is 0 Å². The molecule has 2 fully saturated rings. The molecule has 0 aliphatic carbocycles. The summed E-state index contributed by atoms with van der Waals surface area (Å²) in [5, 5.41) is 3.51. The number of nitrogens with zero attached hydrogens (tertiary/aromatic N) is 1. The van der Waals surface area contributed by atoms with Gasteiger partial charge in [-0.05, 0) is 38.3 Å². The third kappa shape index (κ3) is 2.49. The van der Waals surface area contributed by atoms with Crippen LogP contribution in [-0.4, -0.2) is 37.0 Å². The Morgan fingerprint density at radius 1 is 1.45 bits per heavy atom. The van der Waals surface area contributed by atoms with Crippen LogP contribution < -0.4 is 5.32 Å². The lowest BCUT2D eigenvalue weighted by molar-refractivity contribution is 0.0432. The summed E-state index contributed by atoms with van der Waals surface area (Å²) in [5.41, 5.74) is 1.07. The average Bonchev–Trinajstić information content (AvgIpc) is 2.96. The number of hydrogen-bond donors (Lipinski definition) is 1. The van der Waals surface area contributed by atoms with E-state index in [-0.39, 0.29) is 5.91 Å². The highest BCUT2D eigenvalue weighted by Gasteiger charge is 2.38. The Bertz CT molecular complexity index is 469. The van der Waals surface area contributed by atoms with E-state index >= 15 is 0 Å². The zero-order valence-electron chi connectivity index (χ0n) is 12.3. The largest absolute Gasteiger partial charge is 0.469 e. The third-order valence-electron chi connectivity index (χ3n) is 4.81. The van der Waals surface area contributed by atoms with Gasteiger partial charge < -0.3 is 14.6 Å². The SMILES string of the molecule is CCc1occc1C(=O)N1CCCC2(CCCNC2)C1. The summed E-state index contributed by atoms with van der Waals surface area (Å²) in [5.74, 6) is 0.969.